The molecule has 78 valence electrons. The molecule has 3 N–H and O–H groups in total. The van der Waals surface area contributed by atoms with Crippen molar-refractivity contribution in [2.75, 3.05) is 19.0 Å². The van der Waals surface area contributed by atoms with Gasteiger partial charge in [0.25, 0.3) is 0 Å². The number of nitrogens with one attached hydrogen (secondary N) is 1. The van der Waals surface area contributed by atoms with Crippen molar-refractivity contribution in [1.82, 2.24) is 0 Å². The van der Waals surface area contributed by atoms with E-state index in [1.807, 2.05) is 6.07 Å². The fourth-order valence-corrected chi connectivity index (χ4v) is 0.997. The second-order valence-corrected chi connectivity index (χ2v) is 2.70. The molecule has 0 aliphatic heterocycles. The number of amides is 1. The molecule has 0 aliphatic rings. The predicted molar refractivity (Wildman–Crippen MR) is 58.4 cm³/mol. The lowest BCUT2D eigenvalue weighted by molar-refractivity contribution is 0.187. The minimum atomic E-state index is -0.501. The molecule has 0 aromatic heterocycles. The molecule has 0 bridgehead atoms. The number of methoxy groups -OCH3 is 1. The number of carbonyl (C=O) groups excluding carboxylic acids is 1. The lowest BCUT2D eigenvalue weighted by atomic mass is 10.2. The zero-order valence-electron chi connectivity index (χ0n) is 8.41. The number of nitrogens with two attached hydrogens (primary N) is 1. The monoisotopic (exact) mass is 204 g/mol. The third kappa shape index (κ3) is 3.71. The molecule has 0 spiro atoms. The fraction of sp³-hybridized carbons (Fsp3) is 0.182. The maximum Gasteiger partial charge on any atom is 0.411 e. The van der Waals surface area contributed by atoms with Gasteiger partial charge >= 0.3 is 6.09 Å². The van der Waals surface area contributed by atoms with Gasteiger partial charge in [-0.25, -0.2) is 4.79 Å². The van der Waals surface area contributed by atoms with Crippen LogP contribution in [0.2, 0.25) is 0 Å². The smallest absolute Gasteiger partial charge is 0.411 e. The molecular formula is C11H12N2O2. The van der Waals surface area contributed by atoms with Gasteiger partial charge in [0.05, 0.1) is 13.7 Å². The molecule has 0 unspecified atom stereocenters. The Bertz CT molecular complexity index is 405. The van der Waals surface area contributed by atoms with Crippen molar-refractivity contribution >= 4 is 11.8 Å². The normalized spacial score (nSPS) is 8.67. The van der Waals surface area contributed by atoms with E-state index in [1.165, 1.54) is 7.11 Å². The van der Waals surface area contributed by atoms with Gasteiger partial charge in [-0.3, -0.25) is 5.32 Å². The van der Waals surface area contributed by atoms with E-state index in [2.05, 4.69) is 21.9 Å². The van der Waals surface area contributed by atoms with Crippen molar-refractivity contribution in [1.29, 1.82) is 0 Å². The molecule has 0 saturated carbocycles. The quantitative estimate of drug-likeness (QED) is 0.675. The number of hydrogen-bond acceptors (Lipinski definition) is 3. The molecule has 1 aromatic rings. The van der Waals surface area contributed by atoms with Crippen molar-refractivity contribution < 1.29 is 9.53 Å². The Morgan fingerprint density at radius 1 is 1.60 bits per heavy atom. The van der Waals surface area contributed by atoms with Crippen LogP contribution < -0.4 is 11.1 Å². The van der Waals surface area contributed by atoms with Crippen LogP contribution in [0, 0.1) is 11.8 Å². The molecule has 0 atom stereocenters. The summed E-state index contributed by atoms with van der Waals surface area (Å²) in [5.41, 5.74) is 6.70. The van der Waals surface area contributed by atoms with Crippen molar-refractivity contribution in [3.05, 3.63) is 29.8 Å². The van der Waals surface area contributed by atoms with Crippen LogP contribution in [0.3, 0.4) is 0 Å². The van der Waals surface area contributed by atoms with Gasteiger partial charge in [0.2, 0.25) is 0 Å². The molecule has 0 radical (unpaired) electrons. The Morgan fingerprint density at radius 3 is 3.07 bits per heavy atom. The maximum absolute atomic E-state index is 10.9. The standard InChI is InChI=1S/C11H12N2O2/c1-15-11(14)13-10-6-2-4-9(8-10)5-3-7-12/h2,4,6,8H,7,12H2,1H3,(H,13,14). The first kappa shape index (κ1) is 11.1. The first-order valence-corrected chi connectivity index (χ1v) is 4.40. The van der Waals surface area contributed by atoms with Crippen LogP contribution in [0.4, 0.5) is 10.5 Å². The van der Waals surface area contributed by atoms with E-state index in [-0.39, 0.29) is 0 Å². The third-order valence-corrected chi connectivity index (χ3v) is 1.63. The van der Waals surface area contributed by atoms with Gasteiger partial charge in [-0.1, -0.05) is 17.9 Å². The predicted octanol–water partition coefficient (Wildman–Crippen LogP) is 1.18. The van der Waals surface area contributed by atoms with Gasteiger partial charge in [0.1, 0.15) is 0 Å². The molecule has 0 fully saturated rings. The Balaban J connectivity index is 2.78. The summed E-state index contributed by atoms with van der Waals surface area (Å²) >= 11 is 0. The van der Waals surface area contributed by atoms with E-state index >= 15 is 0 Å². The summed E-state index contributed by atoms with van der Waals surface area (Å²) in [4.78, 5) is 10.9. The molecule has 1 amide bonds. The van der Waals surface area contributed by atoms with E-state index in [1.54, 1.807) is 18.2 Å². The number of ether oxygens (including phenoxy) is 1. The summed E-state index contributed by atoms with van der Waals surface area (Å²) in [5, 5.41) is 2.55. The van der Waals surface area contributed by atoms with Gasteiger partial charge < -0.3 is 10.5 Å². The molecule has 0 heterocycles. The van der Waals surface area contributed by atoms with Gasteiger partial charge in [0.15, 0.2) is 0 Å². The topological polar surface area (TPSA) is 64.3 Å². The van der Waals surface area contributed by atoms with Gasteiger partial charge in [-0.2, -0.15) is 0 Å². The minimum Gasteiger partial charge on any atom is -0.453 e. The van der Waals surface area contributed by atoms with E-state index in [4.69, 9.17) is 5.73 Å². The summed E-state index contributed by atoms with van der Waals surface area (Å²) in [6.07, 6.45) is -0.501. The molecule has 0 saturated heterocycles. The average molecular weight is 204 g/mol. The average Bonchev–Trinajstić information content (AvgIpc) is 2.26. The lowest BCUT2D eigenvalue weighted by Gasteiger charge is -2.03. The number of rotatable bonds is 1. The summed E-state index contributed by atoms with van der Waals surface area (Å²) in [6.45, 7) is 0.314. The first-order chi connectivity index (χ1) is 7.26. The highest BCUT2D eigenvalue weighted by Crippen LogP contribution is 2.09. The Labute approximate surface area is 88.4 Å². The lowest BCUT2D eigenvalue weighted by Crippen LogP contribution is -2.10. The third-order valence-electron chi connectivity index (χ3n) is 1.63. The van der Waals surface area contributed by atoms with Crippen molar-refractivity contribution in [2.24, 2.45) is 5.73 Å². The Kier molecular flexibility index (Phi) is 4.20. The second kappa shape index (κ2) is 5.68. The highest BCUT2D eigenvalue weighted by molar-refractivity contribution is 5.84. The van der Waals surface area contributed by atoms with Crippen LogP contribution in [0.5, 0.6) is 0 Å². The van der Waals surface area contributed by atoms with Crippen LogP contribution in [0.25, 0.3) is 0 Å². The van der Waals surface area contributed by atoms with E-state index in [0.29, 0.717) is 12.2 Å². The molecule has 4 nitrogen and oxygen atoms in total. The largest absolute Gasteiger partial charge is 0.453 e. The van der Waals surface area contributed by atoms with E-state index in [9.17, 15) is 4.79 Å². The first-order valence-electron chi connectivity index (χ1n) is 4.40. The Hall–Kier alpha value is -1.99. The number of benzene rings is 1. The van der Waals surface area contributed by atoms with Crippen LogP contribution in [-0.2, 0) is 4.74 Å². The summed E-state index contributed by atoms with van der Waals surface area (Å²) in [6, 6.07) is 7.14. The van der Waals surface area contributed by atoms with Gasteiger partial charge in [-0.05, 0) is 18.2 Å². The van der Waals surface area contributed by atoms with Crippen LogP contribution in [0.1, 0.15) is 5.56 Å². The second-order valence-electron chi connectivity index (χ2n) is 2.70. The maximum atomic E-state index is 10.9. The minimum absolute atomic E-state index is 0.314. The summed E-state index contributed by atoms with van der Waals surface area (Å²) in [7, 11) is 1.31. The summed E-state index contributed by atoms with van der Waals surface area (Å²) in [5.74, 6) is 5.60. The molecular weight excluding hydrogens is 192 g/mol. The highest BCUT2D eigenvalue weighted by atomic mass is 16.5. The van der Waals surface area contributed by atoms with Crippen LogP contribution in [-0.4, -0.2) is 19.7 Å². The van der Waals surface area contributed by atoms with E-state index in [0.717, 1.165) is 5.56 Å². The van der Waals surface area contributed by atoms with Gasteiger partial charge in [-0.15, -0.1) is 0 Å². The van der Waals surface area contributed by atoms with Crippen LogP contribution in [0.15, 0.2) is 24.3 Å². The van der Waals surface area contributed by atoms with Crippen molar-refractivity contribution in [3.8, 4) is 11.8 Å². The fourth-order valence-electron chi connectivity index (χ4n) is 0.997. The molecule has 4 heteroatoms. The molecule has 1 aromatic carbocycles. The molecule has 0 aliphatic carbocycles. The Morgan fingerprint density at radius 2 is 2.40 bits per heavy atom. The number of hydrogen-bond donors (Lipinski definition) is 2. The number of anilines is 1. The molecule has 15 heavy (non-hydrogen) atoms. The van der Waals surface area contributed by atoms with E-state index < -0.39 is 6.09 Å². The zero-order valence-corrected chi connectivity index (χ0v) is 8.41. The van der Waals surface area contributed by atoms with Crippen molar-refractivity contribution in [3.63, 3.8) is 0 Å². The highest BCUT2D eigenvalue weighted by Gasteiger charge is 1.99. The molecule has 1 rings (SSSR count). The zero-order chi connectivity index (χ0) is 11.1. The number of carbonyl (C=O) groups is 1. The van der Waals surface area contributed by atoms with Gasteiger partial charge in [0, 0.05) is 11.3 Å². The summed E-state index contributed by atoms with van der Waals surface area (Å²) < 4.78 is 4.47. The van der Waals surface area contributed by atoms with Crippen molar-refractivity contribution in [2.45, 2.75) is 0 Å². The van der Waals surface area contributed by atoms with Crippen LogP contribution >= 0.6 is 0 Å². The SMILES string of the molecule is COC(=O)Nc1cccc(C#CCN)c1.